The van der Waals surface area contributed by atoms with Crippen LogP contribution in [-0.4, -0.2) is 30.9 Å². The van der Waals surface area contributed by atoms with Gasteiger partial charge in [-0.15, -0.1) is 0 Å². The van der Waals surface area contributed by atoms with Crippen LogP contribution in [0.15, 0.2) is 87.8 Å². The Bertz CT molecular complexity index is 1850. The second-order valence-corrected chi connectivity index (χ2v) is 11.9. The SMILES string of the molecule is CCOC(=O)C1=C(C)N=c2s/c(=C\c3cc(I)cc(OC)c3OCc3ccccc3)c(=O)n2[C@H]1c1ccc(OCC)cc1. The van der Waals surface area contributed by atoms with Crippen molar-refractivity contribution in [1.29, 1.82) is 0 Å². The maximum atomic E-state index is 14.1. The van der Waals surface area contributed by atoms with Gasteiger partial charge in [0.15, 0.2) is 16.3 Å². The van der Waals surface area contributed by atoms with Crippen LogP contribution in [0.1, 0.15) is 43.5 Å². The molecule has 43 heavy (non-hydrogen) atoms. The van der Waals surface area contributed by atoms with Crippen LogP contribution in [-0.2, 0) is 16.1 Å². The Morgan fingerprint density at radius 3 is 2.47 bits per heavy atom. The number of hydrogen-bond donors (Lipinski definition) is 0. The standard InChI is InChI=1S/C33H31IN2O6S/c1-5-40-25-14-12-22(13-15-25)29-28(32(38)41-6-2)20(3)35-33-36(29)31(37)27(43-33)17-23-16-24(34)18-26(39-4)30(23)42-19-21-10-8-7-9-11-21/h7-18,29H,5-6,19H2,1-4H3/b27-17-/t29-/m0/s1. The van der Waals surface area contributed by atoms with Crippen molar-refractivity contribution in [2.24, 2.45) is 4.99 Å². The van der Waals surface area contributed by atoms with Crippen molar-refractivity contribution >= 4 is 46.0 Å². The van der Waals surface area contributed by atoms with Crippen LogP contribution in [0, 0.1) is 3.57 Å². The molecule has 10 heteroatoms. The molecule has 0 spiro atoms. The summed E-state index contributed by atoms with van der Waals surface area (Å²) in [6.45, 7) is 6.50. The lowest BCUT2D eigenvalue weighted by atomic mass is 9.96. The van der Waals surface area contributed by atoms with Gasteiger partial charge in [-0.3, -0.25) is 9.36 Å². The fraction of sp³-hybridized carbons (Fsp3) is 0.242. The van der Waals surface area contributed by atoms with Gasteiger partial charge < -0.3 is 18.9 Å². The molecule has 0 fully saturated rings. The lowest BCUT2D eigenvalue weighted by Gasteiger charge is -2.24. The highest BCUT2D eigenvalue weighted by Gasteiger charge is 2.33. The van der Waals surface area contributed by atoms with Crippen LogP contribution in [0.25, 0.3) is 6.08 Å². The third-order valence-corrected chi connectivity index (χ3v) is 8.41. The minimum atomic E-state index is -0.715. The van der Waals surface area contributed by atoms with Gasteiger partial charge in [-0.1, -0.05) is 53.8 Å². The maximum absolute atomic E-state index is 14.1. The Morgan fingerprint density at radius 1 is 1.05 bits per heavy atom. The quantitative estimate of drug-likeness (QED) is 0.162. The molecule has 0 bridgehead atoms. The molecule has 5 rings (SSSR count). The minimum Gasteiger partial charge on any atom is -0.494 e. The molecule has 2 heterocycles. The molecule has 1 aliphatic rings. The molecule has 0 N–H and O–H groups in total. The smallest absolute Gasteiger partial charge is 0.338 e. The number of carbonyl (C=O) groups excluding carboxylic acids is 1. The summed E-state index contributed by atoms with van der Waals surface area (Å²) in [4.78, 5) is 32.5. The molecule has 1 aromatic heterocycles. The number of esters is 1. The highest BCUT2D eigenvalue weighted by Crippen LogP contribution is 2.35. The van der Waals surface area contributed by atoms with Gasteiger partial charge in [0, 0.05) is 9.13 Å². The van der Waals surface area contributed by atoms with Crippen LogP contribution < -0.4 is 29.1 Å². The molecule has 0 radical (unpaired) electrons. The Balaban J connectivity index is 1.66. The van der Waals surface area contributed by atoms with Gasteiger partial charge in [0.2, 0.25) is 0 Å². The zero-order valence-electron chi connectivity index (χ0n) is 24.3. The summed E-state index contributed by atoms with van der Waals surface area (Å²) in [5, 5.41) is 0. The van der Waals surface area contributed by atoms with Crippen LogP contribution >= 0.6 is 33.9 Å². The number of benzene rings is 3. The predicted molar refractivity (Wildman–Crippen MR) is 174 cm³/mol. The summed E-state index contributed by atoms with van der Waals surface area (Å²) < 4.78 is 25.9. The van der Waals surface area contributed by atoms with Crippen molar-refractivity contribution < 1.29 is 23.7 Å². The van der Waals surface area contributed by atoms with Crippen molar-refractivity contribution in [3.05, 3.63) is 118 Å². The summed E-state index contributed by atoms with van der Waals surface area (Å²) in [5.41, 5.74) is 3.01. The summed E-state index contributed by atoms with van der Waals surface area (Å²) in [6, 6.07) is 20.4. The van der Waals surface area contributed by atoms with Gasteiger partial charge in [-0.05, 0) is 84.8 Å². The van der Waals surface area contributed by atoms with Crippen LogP contribution in [0.2, 0.25) is 0 Å². The van der Waals surface area contributed by atoms with Gasteiger partial charge in [0.1, 0.15) is 12.4 Å². The van der Waals surface area contributed by atoms with Gasteiger partial charge in [0.05, 0.1) is 42.2 Å². The molecular formula is C33H31IN2O6S. The third-order valence-electron chi connectivity index (χ3n) is 6.80. The van der Waals surface area contributed by atoms with E-state index in [2.05, 4.69) is 27.6 Å². The second-order valence-electron chi connectivity index (χ2n) is 9.60. The summed E-state index contributed by atoms with van der Waals surface area (Å²) in [7, 11) is 1.59. The number of aromatic nitrogens is 1. The number of halogens is 1. The topological polar surface area (TPSA) is 88.4 Å². The van der Waals surface area contributed by atoms with E-state index in [1.165, 1.54) is 11.3 Å². The van der Waals surface area contributed by atoms with Crippen molar-refractivity contribution in [1.82, 2.24) is 4.57 Å². The maximum Gasteiger partial charge on any atom is 0.338 e. The Hall–Kier alpha value is -3.90. The number of nitrogens with zero attached hydrogens (tertiary/aromatic N) is 2. The zero-order valence-corrected chi connectivity index (χ0v) is 27.2. The first-order chi connectivity index (χ1) is 20.8. The first-order valence-electron chi connectivity index (χ1n) is 13.8. The van der Waals surface area contributed by atoms with Crippen molar-refractivity contribution in [3.8, 4) is 17.2 Å². The van der Waals surface area contributed by atoms with Crippen LogP contribution in [0.4, 0.5) is 0 Å². The highest BCUT2D eigenvalue weighted by atomic mass is 127. The Labute approximate surface area is 267 Å². The second kappa shape index (κ2) is 13.6. The average Bonchev–Trinajstić information content (AvgIpc) is 3.30. The highest BCUT2D eigenvalue weighted by molar-refractivity contribution is 14.1. The van der Waals surface area contributed by atoms with E-state index < -0.39 is 12.0 Å². The van der Waals surface area contributed by atoms with Crippen molar-refractivity contribution in [3.63, 3.8) is 0 Å². The summed E-state index contributed by atoms with van der Waals surface area (Å²) in [5.74, 6) is 1.29. The fourth-order valence-electron chi connectivity index (χ4n) is 4.89. The molecule has 8 nitrogen and oxygen atoms in total. The number of thiazole rings is 1. The molecule has 3 aromatic carbocycles. The number of allylic oxidation sites excluding steroid dienone is 1. The molecule has 0 saturated carbocycles. The lowest BCUT2D eigenvalue weighted by molar-refractivity contribution is -0.139. The summed E-state index contributed by atoms with van der Waals surface area (Å²) >= 11 is 3.47. The van der Waals surface area contributed by atoms with Gasteiger partial charge in [0.25, 0.3) is 5.56 Å². The van der Waals surface area contributed by atoms with E-state index >= 15 is 0 Å². The number of hydrogen-bond acceptors (Lipinski definition) is 8. The fourth-order valence-corrected chi connectivity index (χ4v) is 6.55. The van der Waals surface area contributed by atoms with E-state index in [1.807, 2.05) is 73.7 Å². The first kappa shape index (κ1) is 30.6. The molecule has 0 aliphatic carbocycles. The number of carbonyl (C=O) groups is 1. The van der Waals surface area contributed by atoms with Crippen LogP contribution in [0.5, 0.6) is 17.2 Å². The van der Waals surface area contributed by atoms with Gasteiger partial charge >= 0.3 is 5.97 Å². The van der Waals surface area contributed by atoms with Crippen molar-refractivity contribution in [2.75, 3.05) is 20.3 Å². The number of ether oxygens (including phenoxy) is 4. The van der Waals surface area contributed by atoms with E-state index in [1.54, 1.807) is 31.6 Å². The number of fused-ring (bicyclic) bond motifs is 1. The van der Waals surface area contributed by atoms with E-state index in [0.717, 1.165) is 14.7 Å². The minimum absolute atomic E-state index is 0.205. The number of rotatable bonds is 10. The van der Waals surface area contributed by atoms with E-state index in [-0.39, 0.29) is 12.2 Å². The average molecular weight is 711 g/mol. The van der Waals surface area contributed by atoms with E-state index in [9.17, 15) is 9.59 Å². The molecule has 0 amide bonds. The zero-order chi connectivity index (χ0) is 30.5. The first-order valence-corrected chi connectivity index (χ1v) is 15.7. The molecule has 0 saturated heterocycles. The van der Waals surface area contributed by atoms with Gasteiger partial charge in [-0.2, -0.15) is 0 Å². The Kier molecular flexibility index (Phi) is 9.66. The molecule has 4 aromatic rings. The third kappa shape index (κ3) is 6.54. The Morgan fingerprint density at radius 2 is 1.79 bits per heavy atom. The molecule has 0 unspecified atom stereocenters. The monoisotopic (exact) mass is 710 g/mol. The van der Waals surface area contributed by atoms with Crippen molar-refractivity contribution in [2.45, 2.75) is 33.4 Å². The molecule has 1 aliphatic heterocycles. The lowest BCUT2D eigenvalue weighted by Crippen LogP contribution is -2.39. The molecular weight excluding hydrogens is 679 g/mol. The van der Waals surface area contributed by atoms with Crippen LogP contribution in [0.3, 0.4) is 0 Å². The summed E-state index contributed by atoms with van der Waals surface area (Å²) in [6.07, 6.45) is 1.80. The normalized spacial score (nSPS) is 14.6. The molecule has 222 valence electrons. The number of methoxy groups -OCH3 is 1. The molecule has 1 atom stereocenters. The van der Waals surface area contributed by atoms with E-state index in [4.69, 9.17) is 18.9 Å². The predicted octanol–water partition coefficient (Wildman–Crippen LogP) is 5.39. The largest absolute Gasteiger partial charge is 0.494 e. The van der Waals surface area contributed by atoms with E-state index in [0.29, 0.717) is 56.6 Å². The van der Waals surface area contributed by atoms with Gasteiger partial charge in [-0.25, -0.2) is 9.79 Å².